The standard InChI is InChI=1S/C15H25NO5/c1-5-9-21-13(17)8-6-7-12(10(2)3)14(18)16-11(4)15(19)20/h5,10-12H,1,6-9H2,2-4H3,(H,16,18)(H,19,20)/t11-,12-/m0/s1. The molecule has 0 aliphatic carbocycles. The molecule has 0 rings (SSSR count). The summed E-state index contributed by atoms with van der Waals surface area (Å²) < 4.78 is 4.85. The van der Waals surface area contributed by atoms with Crippen molar-refractivity contribution in [2.75, 3.05) is 6.61 Å². The van der Waals surface area contributed by atoms with Gasteiger partial charge < -0.3 is 15.2 Å². The van der Waals surface area contributed by atoms with Gasteiger partial charge in [0, 0.05) is 12.3 Å². The Balaban J connectivity index is 4.30. The summed E-state index contributed by atoms with van der Waals surface area (Å²) >= 11 is 0. The molecule has 0 fully saturated rings. The van der Waals surface area contributed by atoms with E-state index in [2.05, 4.69) is 11.9 Å². The summed E-state index contributed by atoms with van der Waals surface area (Å²) in [6.45, 7) is 8.84. The van der Waals surface area contributed by atoms with Crippen molar-refractivity contribution in [3.05, 3.63) is 12.7 Å². The number of esters is 1. The molecule has 0 bridgehead atoms. The number of carboxylic acids is 1. The van der Waals surface area contributed by atoms with Crippen LogP contribution in [0, 0.1) is 11.8 Å². The number of nitrogens with one attached hydrogen (secondary N) is 1. The number of carbonyl (C=O) groups excluding carboxylic acids is 2. The first kappa shape index (κ1) is 19.1. The number of rotatable bonds is 10. The maximum absolute atomic E-state index is 12.0. The van der Waals surface area contributed by atoms with E-state index in [1.165, 1.54) is 13.0 Å². The molecule has 0 radical (unpaired) electrons. The Bertz CT molecular complexity index is 378. The lowest BCUT2D eigenvalue weighted by molar-refractivity contribution is -0.143. The zero-order chi connectivity index (χ0) is 16.4. The van der Waals surface area contributed by atoms with Crippen molar-refractivity contribution in [1.82, 2.24) is 5.32 Å². The molecule has 0 saturated heterocycles. The highest BCUT2D eigenvalue weighted by atomic mass is 16.5. The Morgan fingerprint density at radius 3 is 2.38 bits per heavy atom. The van der Waals surface area contributed by atoms with Crippen LogP contribution in [-0.4, -0.2) is 35.6 Å². The Morgan fingerprint density at radius 2 is 1.90 bits per heavy atom. The number of hydrogen-bond donors (Lipinski definition) is 2. The molecule has 6 nitrogen and oxygen atoms in total. The highest BCUT2D eigenvalue weighted by molar-refractivity contribution is 5.84. The molecule has 0 aromatic rings. The molecule has 0 aromatic carbocycles. The average Bonchev–Trinajstić information content (AvgIpc) is 2.40. The molecular weight excluding hydrogens is 274 g/mol. The van der Waals surface area contributed by atoms with Crippen molar-refractivity contribution in [3.63, 3.8) is 0 Å². The summed E-state index contributed by atoms with van der Waals surface area (Å²) in [5.41, 5.74) is 0. The van der Waals surface area contributed by atoms with Crippen LogP contribution in [0.5, 0.6) is 0 Å². The van der Waals surface area contributed by atoms with Crippen molar-refractivity contribution in [1.29, 1.82) is 0 Å². The van der Waals surface area contributed by atoms with Gasteiger partial charge in [-0.1, -0.05) is 26.5 Å². The summed E-state index contributed by atoms with van der Waals surface area (Å²) in [7, 11) is 0. The second-order valence-electron chi connectivity index (χ2n) is 5.28. The number of amides is 1. The largest absolute Gasteiger partial charge is 0.480 e. The normalized spacial score (nSPS) is 13.3. The van der Waals surface area contributed by atoms with Gasteiger partial charge in [-0.2, -0.15) is 0 Å². The fraction of sp³-hybridized carbons (Fsp3) is 0.667. The first-order chi connectivity index (χ1) is 9.79. The van der Waals surface area contributed by atoms with E-state index >= 15 is 0 Å². The third kappa shape index (κ3) is 8.12. The van der Waals surface area contributed by atoms with Crippen molar-refractivity contribution < 1.29 is 24.2 Å². The Kier molecular flexibility index (Phi) is 9.08. The molecule has 2 atom stereocenters. The number of carboxylic acid groups (broad SMARTS) is 1. The lowest BCUT2D eigenvalue weighted by Crippen LogP contribution is -2.43. The number of aliphatic carboxylic acids is 1. The number of ether oxygens (including phenoxy) is 1. The van der Waals surface area contributed by atoms with Crippen LogP contribution in [0.2, 0.25) is 0 Å². The first-order valence-electron chi connectivity index (χ1n) is 7.09. The lowest BCUT2D eigenvalue weighted by atomic mass is 9.89. The van der Waals surface area contributed by atoms with Gasteiger partial charge in [-0.05, 0) is 25.7 Å². The second-order valence-corrected chi connectivity index (χ2v) is 5.28. The molecule has 0 spiro atoms. The van der Waals surface area contributed by atoms with Crippen molar-refractivity contribution in [3.8, 4) is 0 Å². The van der Waals surface area contributed by atoms with Crippen molar-refractivity contribution in [2.45, 2.75) is 46.1 Å². The van der Waals surface area contributed by atoms with E-state index < -0.39 is 12.0 Å². The van der Waals surface area contributed by atoms with Gasteiger partial charge in [0.15, 0.2) is 0 Å². The molecule has 0 saturated carbocycles. The van der Waals surface area contributed by atoms with Crippen LogP contribution >= 0.6 is 0 Å². The smallest absolute Gasteiger partial charge is 0.325 e. The maximum atomic E-state index is 12.0. The summed E-state index contributed by atoms with van der Waals surface area (Å²) in [6, 6.07) is -0.920. The minimum absolute atomic E-state index is 0.0650. The molecule has 2 N–H and O–H groups in total. The number of carbonyl (C=O) groups is 3. The predicted molar refractivity (Wildman–Crippen MR) is 78.6 cm³/mol. The van der Waals surface area contributed by atoms with E-state index in [0.717, 1.165) is 0 Å². The zero-order valence-electron chi connectivity index (χ0n) is 12.9. The molecule has 120 valence electrons. The zero-order valence-corrected chi connectivity index (χ0v) is 12.9. The third-order valence-electron chi connectivity index (χ3n) is 3.13. The lowest BCUT2D eigenvalue weighted by Gasteiger charge is -2.21. The summed E-state index contributed by atoms with van der Waals surface area (Å²) in [5, 5.41) is 11.3. The van der Waals surface area contributed by atoms with Crippen molar-refractivity contribution >= 4 is 17.8 Å². The second kappa shape index (κ2) is 9.96. The molecule has 6 heteroatoms. The molecule has 0 unspecified atom stereocenters. The van der Waals surface area contributed by atoms with Crippen LogP contribution in [0.25, 0.3) is 0 Å². The molecule has 0 aromatic heterocycles. The maximum Gasteiger partial charge on any atom is 0.325 e. The van der Waals surface area contributed by atoms with E-state index in [-0.39, 0.29) is 36.7 Å². The monoisotopic (exact) mass is 299 g/mol. The summed E-state index contributed by atoms with van der Waals surface area (Å²) in [4.78, 5) is 34.1. The predicted octanol–water partition coefficient (Wildman–Crippen LogP) is 1.75. The fourth-order valence-corrected chi connectivity index (χ4v) is 1.84. The Morgan fingerprint density at radius 1 is 1.29 bits per heavy atom. The van der Waals surface area contributed by atoms with Gasteiger partial charge in [0.05, 0.1) is 0 Å². The summed E-state index contributed by atoms with van der Waals surface area (Å²) in [6.07, 6.45) is 2.76. The Labute approximate surface area is 125 Å². The molecular formula is C15H25NO5. The third-order valence-corrected chi connectivity index (χ3v) is 3.13. The van der Waals surface area contributed by atoms with Crippen LogP contribution in [0.1, 0.15) is 40.0 Å². The van der Waals surface area contributed by atoms with Gasteiger partial charge in [-0.3, -0.25) is 14.4 Å². The van der Waals surface area contributed by atoms with Gasteiger partial charge in [0.25, 0.3) is 0 Å². The van der Waals surface area contributed by atoms with E-state index in [9.17, 15) is 14.4 Å². The van der Waals surface area contributed by atoms with Gasteiger partial charge in [-0.25, -0.2) is 0 Å². The van der Waals surface area contributed by atoms with E-state index in [1.807, 2.05) is 13.8 Å². The quantitative estimate of drug-likeness (QED) is 0.473. The van der Waals surface area contributed by atoms with Crippen LogP contribution < -0.4 is 5.32 Å². The molecule has 0 aliphatic heterocycles. The molecule has 21 heavy (non-hydrogen) atoms. The van der Waals surface area contributed by atoms with Crippen molar-refractivity contribution in [2.24, 2.45) is 11.8 Å². The van der Waals surface area contributed by atoms with Gasteiger partial charge >= 0.3 is 11.9 Å². The molecule has 0 heterocycles. The Hall–Kier alpha value is -1.85. The SMILES string of the molecule is C=CCOC(=O)CCC[C@H](C(=O)N[C@@H](C)C(=O)O)C(C)C. The average molecular weight is 299 g/mol. The van der Waals surface area contributed by atoms with Gasteiger partial charge in [0.2, 0.25) is 5.91 Å². The van der Waals surface area contributed by atoms with Gasteiger partial charge in [-0.15, -0.1) is 0 Å². The molecule has 0 aliphatic rings. The van der Waals surface area contributed by atoms with Gasteiger partial charge in [0.1, 0.15) is 12.6 Å². The van der Waals surface area contributed by atoms with E-state index in [0.29, 0.717) is 12.8 Å². The molecule has 1 amide bonds. The van der Waals surface area contributed by atoms with Crippen LogP contribution in [-0.2, 0) is 19.1 Å². The highest BCUT2D eigenvalue weighted by Gasteiger charge is 2.25. The van der Waals surface area contributed by atoms with Crippen LogP contribution in [0.3, 0.4) is 0 Å². The topological polar surface area (TPSA) is 92.7 Å². The highest BCUT2D eigenvalue weighted by Crippen LogP contribution is 2.19. The minimum Gasteiger partial charge on any atom is -0.480 e. The summed E-state index contributed by atoms with van der Waals surface area (Å²) in [5.74, 6) is -1.94. The minimum atomic E-state index is -1.07. The first-order valence-corrected chi connectivity index (χ1v) is 7.09. The van der Waals surface area contributed by atoms with E-state index in [1.54, 1.807) is 0 Å². The number of hydrogen-bond acceptors (Lipinski definition) is 4. The fourth-order valence-electron chi connectivity index (χ4n) is 1.84. The van der Waals surface area contributed by atoms with E-state index in [4.69, 9.17) is 9.84 Å². The van der Waals surface area contributed by atoms with Crippen LogP contribution in [0.4, 0.5) is 0 Å². The van der Waals surface area contributed by atoms with Crippen LogP contribution in [0.15, 0.2) is 12.7 Å².